The van der Waals surface area contributed by atoms with Gasteiger partial charge in [-0.2, -0.15) is 11.8 Å². The van der Waals surface area contributed by atoms with Gasteiger partial charge in [0.2, 0.25) is 0 Å². The lowest BCUT2D eigenvalue weighted by Gasteiger charge is -2.36. The van der Waals surface area contributed by atoms with Crippen LogP contribution in [0.3, 0.4) is 0 Å². The Bertz CT molecular complexity index is 287. The van der Waals surface area contributed by atoms with Crippen molar-refractivity contribution in [3.63, 3.8) is 0 Å². The molecule has 4 atom stereocenters. The summed E-state index contributed by atoms with van der Waals surface area (Å²) in [4.78, 5) is 13.6. The van der Waals surface area contributed by atoms with Crippen molar-refractivity contribution in [2.75, 3.05) is 25.5 Å². The molecule has 0 saturated carbocycles. The molecule has 1 N–H and O–H groups in total. The molecule has 0 aliphatic carbocycles. The van der Waals surface area contributed by atoms with Gasteiger partial charge in [-0.3, -0.25) is 9.69 Å². The fourth-order valence-electron chi connectivity index (χ4n) is 2.98. The van der Waals surface area contributed by atoms with Crippen molar-refractivity contribution in [2.45, 2.75) is 37.6 Å². The molecule has 0 aromatic carbocycles. The summed E-state index contributed by atoms with van der Waals surface area (Å²) < 4.78 is 5.38. The summed E-state index contributed by atoms with van der Waals surface area (Å²) in [6.45, 7) is 6.21. The third kappa shape index (κ3) is 2.61. The third-order valence-electron chi connectivity index (χ3n) is 3.92. The zero-order valence-electron chi connectivity index (χ0n) is 10.5. The van der Waals surface area contributed by atoms with E-state index in [0.717, 1.165) is 6.54 Å². The summed E-state index contributed by atoms with van der Waals surface area (Å²) in [5, 5.41) is 9.83. The van der Waals surface area contributed by atoms with Crippen LogP contribution in [0.4, 0.5) is 0 Å². The highest BCUT2D eigenvalue weighted by atomic mass is 32.2. The lowest BCUT2D eigenvalue weighted by molar-refractivity contribution is -0.143. The highest BCUT2D eigenvalue weighted by molar-refractivity contribution is 8.00. The Morgan fingerprint density at radius 3 is 2.76 bits per heavy atom. The molecule has 5 heteroatoms. The van der Waals surface area contributed by atoms with Gasteiger partial charge in [-0.1, -0.05) is 13.8 Å². The molecule has 4 nitrogen and oxygen atoms in total. The predicted molar refractivity (Wildman–Crippen MR) is 68.4 cm³/mol. The van der Waals surface area contributed by atoms with Gasteiger partial charge in [-0.05, 0) is 18.7 Å². The number of hydrogen-bond acceptors (Lipinski definition) is 4. The van der Waals surface area contributed by atoms with Crippen LogP contribution < -0.4 is 0 Å². The second-order valence-electron chi connectivity index (χ2n) is 4.81. The minimum atomic E-state index is -0.718. The number of rotatable bonds is 4. The van der Waals surface area contributed by atoms with E-state index in [1.165, 1.54) is 12.2 Å². The Labute approximate surface area is 107 Å². The van der Waals surface area contributed by atoms with Gasteiger partial charge < -0.3 is 9.84 Å². The van der Waals surface area contributed by atoms with Gasteiger partial charge in [-0.15, -0.1) is 0 Å². The highest BCUT2D eigenvalue weighted by Gasteiger charge is 2.42. The molecule has 4 unspecified atom stereocenters. The van der Waals surface area contributed by atoms with Crippen LogP contribution in [-0.4, -0.2) is 58.8 Å². The van der Waals surface area contributed by atoms with Crippen molar-refractivity contribution >= 4 is 17.7 Å². The first-order valence-corrected chi connectivity index (χ1v) is 7.38. The van der Waals surface area contributed by atoms with Crippen LogP contribution in [0.5, 0.6) is 0 Å². The van der Waals surface area contributed by atoms with Gasteiger partial charge >= 0.3 is 5.97 Å². The molecular weight excluding hydrogens is 238 g/mol. The number of nitrogens with zero attached hydrogens (tertiary/aromatic N) is 1. The zero-order valence-corrected chi connectivity index (χ0v) is 11.3. The Balaban J connectivity index is 2.09. The van der Waals surface area contributed by atoms with Gasteiger partial charge in [0, 0.05) is 17.3 Å². The van der Waals surface area contributed by atoms with Crippen molar-refractivity contribution in [2.24, 2.45) is 5.92 Å². The summed E-state index contributed by atoms with van der Waals surface area (Å²) in [5.41, 5.74) is 0. The summed E-state index contributed by atoms with van der Waals surface area (Å²) in [5.74, 6) is 0.116. The first kappa shape index (κ1) is 13.2. The molecule has 2 aliphatic heterocycles. The first-order valence-electron chi connectivity index (χ1n) is 6.33. The molecule has 0 bridgehead atoms. The third-order valence-corrected chi connectivity index (χ3v) is 5.23. The Kier molecular flexibility index (Phi) is 4.33. The number of carboxylic acid groups (broad SMARTS) is 1. The van der Waals surface area contributed by atoms with E-state index in [1.54, 1.807) is 0 Å². The van der Waals surface area contributed by atoms with Gasteiger partial charge in [0.25, 0.3) is 0 Å². The Morgan fingerprint density at radius 2 is 2.24 bits per heavy atom. The van der Waals surface area contributed by atoms with Crippen molar-refractivity contribution < 1.29 is 14.6 Å². The van der Waals surface area contributed by atoms with Gasteiger partial charge in [0.15, 0.2) is 0 Å². The molecule has 0 spiro atoms. The van der Waals surface area contributed by atoms with Gasteiger partial charge in [-0.25, -0.2) is 0 Å². The maximum absolute atomic E-state index is 11.2. The maximum atomic E-state index is 11.2. The van der Waals surface area contributed by atoms with Crippen LogP contribution in [0.15, 0.2) is 0 Å². The number of ether oxygens (including phenoxy) is 1. The molecule has 0 radical (unpaired) electrons. The quantitative estimate of drug-likeness (QED) is 0.825. The average Bonchev–Trinajstić information content (AvgIpc) is 2.90. The topological polar surface area (TPSA) is 49.8 Å². The molecule has 2 aliphatic rings. The molecule has 98 valence electrons. The largest absolute Gasteiger partial charge is 0.481 e. The number of carbonyl (C=O) groups is 1. The van der Waals surface area contributed by atoms with E-state index in [2.05, 4.69) is 18.7 Å². The van der Waals surface area contributed by atoms with Crippen molar-refractivity contribution in [1.82, 2.24) is 4.90 Å². The van der Waals surface area contributed by atoms with Crippen molar-refractivity contribution in [3.05, 3.63) is 0 Å². The van der Waals surface area contributed by atoms with Gasteiger partial charge in [0.1, 0.15) is 0 Å². The molecule has 2 saturated heterocycles. The second-order valence-corrected chi connectivity index (χ2v) is 6.30. The number of likely N-dealkylation sites (N-methyl/N-ethyl adjacent to an activating group) is 1. The lowest BCUT2D eigenvalue weighted by atomic mass is 9.98. The van der Waals surface area contributed by atoms with E-state index < -0.39 is 5.97 Å². The van der Waals surface area contributed by atoms with Gasteiger partial charge in [0.05, 0.1) is 19.1 Å². The molecule has 2 fully saturated rings. The monoisotopic (exact) mass is 259 g/mol. The van der Waals surface area contributed by atoms with Crippen LogP contribution in [0.25, 0.3) is 0 Å². The molecule has 17 heavy (non-hydrogen) atoms. The lowest BCUT2D eigenvalue weighted by Crippen LogP contribution is -2.50. The van der Waals surface area contributed by atoms with E-state index in [4.69, 9.17) is 4.74 Å². The van der Waals surface area contributed by atoms with E-state index in [1.807, 2.05) is 11.8 Å². The summed E-state index contributed by atoms with van der Waals surface area (Å²) in [7, 11) is 0. The van der Waals surface area contributed by atoms with Crippen LogP contribution in [0.2, 0.25) is 0 Å². The van der Waals surface area contributed by atoms with E-state index in [-0.39, 0.29) is 12.0 Å². The number of thioether (sulfide) groups is 1. The van der Waals surface area contributed by atoms with Crippen LogP contribution in [0, 0.1) is 5.92 Å². The molecule has 2 rings (SSSR count). The molecular formula is C12H21NO3S. The highest BCUT2D eigenvalue weighted by Crippen LogP contribution is 2.33. The second kappa shape index (κ2) is 5.59. The summed E-state index contributed by atoms with van der Waals surface area (Å²) >= 11 is 1.99. The van der Waals surface area contributed by atoms with Crippen LogP contribution in [0.1, 0.15) is 20.3 Å². The number of aliphatic carboxylic acids is 1. The first-order chi connectivity index (χ1) is 8.15. The van der Waals surface area contributed by atoms with Crippen molar-refractivity contribution in [1.29, 1.82) is 0 Å². The maximum Gasteiger partial charge on any atom is 0.310 e. The fraction of sp³-hybridized carbons (Fsp3) is 0.917. The minimum Gasteiger partial charge on any atom is -0.481 e. The standard InChI is InChI=1S/C12H21NO3S/c1-3-13(10-4-5-17-8(10)2)11-7-16-6-9(11)12(14)15/h8-11H,3-7H2,1-2H3,(H,14,15). The Hall–Kier alpha value is -0.260. The van der Waals surface area contributed by atoms with Crippen molar-refractivity contribution in [3.8, 4) is 0 Å². The molecule has 0 aromatic rings. The summed E-state index contributed by atoms with van der Waals surface area (Å²) in [6, 6.07) is 0.571. The minimum absolute atomic E-state index is 0.0589. The van der Waals surface area contributed by atoms with Crippen LogP contribution in [-0.2, 0) is 9.53 Å². The SMILES string of the molecule is CCN(C1CCSC1C)C1COCC1C(=O)O. The summed E-state index contributed by atoms with van der Waals surface area (Å²) in [6.07, 6.45) is 1.17. The zero-order chi connectivity index (χ0) is 12.4. The smallest absolute Gasteiger partial charge is 0.310 e. The predicted octanol–water partition coefficient (Wildman–Crippen LogP) is 1.30. The Morgan fingerprint density at radius 1 is 1.47 bits per heavy atom. The van der Waals surface area contributed by atoms with E-state index in [9.17, 15) is 9.90 Å². The molecule has 0 amide bonds. The van der Waals surface area contributed by atoms with Crippen LogP contribution >= 0.6 is 11.8 Å². The average molecular weight is 259 g/mol. The normalized spacial score (nSPS) is 37.8. The van der Waals surface area contributed by atoms with E-state index in [0.29, 0.717) is 24.5 Å². The van der Waals surface area contributed by atoms with E-state index >= 15 is 0 Å². The molecule has 0 aromatic heterocycles. The fourth-order valence-corrected chi connectivity index (χ4v) is 4.24. The molecule has 2 heterocycles. The number of carboxylic acids is 1. The number of hydrogen-bond donors (Lipinski definition) is 1.